The average Bonchev–Trinajstić information content (AvgIpc) is 2.99. The van der Waals surface area contributed by atoms with Crippen LogP contribution in [0.15, 0.2) is 24.5 Å². The Bertz CT molecular complexity index is 671. The molecule has 8 heteroatoms. The number of piperidine rings is 1. The first-order valence-corrected chi connectivity index (χ1v) is 7.92. The maximum atomic E-state index is 13.6. The van der Waals surface area contributed by atoms with Crippen molar-refractivity contribution in [2.75, 3.05) is 19.8 Å². The van der Waals surface area contributed by atoms with Gasteiger partial charge in [0.15, 0.2) is 11.6 Å². The van der Waals surface area contributed by atoms with Crippen molar-refractivity contribution in [3.8, 4) is 5.75 Å². The third kappa shape index (κ3) is 4.05. The topological polar surface area (TPSA) is 43.2 Å². The molecule has 0 bridgehead atoms. The van der Waals surface area contributed by atoms with E-state index in [1.807, 2.05) is 0 Å². The van der Waals surface area contributed by atoms with Gasteiger partial charge in [0, 0.05) is 19.2 Å². The molecule has 1 fully saturated rings. The van der Waals surface area contributed by atoms with Gasteiger partial charge in [-0.2, -0.15) is 5.10 Å². The highest BCUT2D eigenvalue weighted by molar-refractivity contribution is 5.25. The van der Waals surface area contributed by atoms with Crippen LogP contribution < -0.4 is 4.74 Å². The Morgan fingerprint density at radius 1 is 1.21 bits per heavy atom. The minimum Gasteiger partial charge on any atom is -0.487 e. The summed E-state index contributed by atoms with van der Waals surface area (Å²) in [6.45, 7) is 1.85. The lowest BCUT2D eigenvalue weighted by molar-refractivity contribution is 0.0911. The lowest BCUT2D eigenvalue weighted by atomic mass is 10.1. The molecule has 1 saturated heterocycles. The van der Waals surface area contributed by atoms with E-state index in [0.29, 0.717) is 6.54 Å². The molecule has 0 saturated carbocycles. The predicted molar refractivity (Wildman–Crippen MR) is 81.3 cm³/mol. The summed E-state index contributed by atoms with van der Waals surface area (Å²) in [6.07, 6.45) is 2.78. The van der Waals surface area contributed by atoms with E-state index in [1.165, 1.54) is 18.5 Å². The van der Waals surface area contributed by atoms with E-state index in [0.717, 1.165) is 37.8 Å². The fourth-order valence-electron chi connectivity index (χ4n) is 2.81. The normalized spacial score (nSPS) is 16.5. The molecule has 1 aliphatic heterocycles. The van der Waals surface area contributed by atoms with E-state index in [1.54, 1.807) is 4.68 Å². The molecule has 24 heavy (non-hydrogen) atoms. The molecule has 2 aromatic rings. The van der Waals surface area contributed by atoms with Crippen molar-refractivity contribution in [1.29, 1.82) is 0 Å². The van der Waals surface area contributed by atoms with Crippen molar-refractivity contribution in [3.63, 3.8) is 0 Å². The number of benzene rings is 1. The van der Waals surface area contributed by atoms with Crippen LogP contribution in [0.3, 0.4) is 0 Å². The largest absolute Gasteiger partial charge is 0.487 e. The number of nitrogens with zero attached hydrogens (tertiary/aromatic N) is 4. The second-order valence-corrected chi connectivity index (χ2v) is 5.76. The van der Waals surface area contributed by atoms with Gasteiger partial charge in [0.25, 0.3) is 0 Å². The summed E-state index contributed by atoms with van der Waals surface area (Å²) < 4.78 is 46.2. The number of aryl methyl sites for hydroxylation is 1. The zero-order valence-corrected chi connectivity index (χ0v) is 13.2. The summed E-state index contributed by atoms with van der Waals surface area (Å²) >= 11 is 0. The Balaban J connectivity index is 1.51. The van der Waals surface area contributed by atoms with Gasteiger partial charge in [-0.1, -0.05) is 0 Å². The second-order valence-electron chi connectivity index (χ2n) is 5.76. The first-order chi connectivity index (χ1) is 11.7. The highest BCUT2D eigenvalue weighted by atomic mass is 19.1. The van der Waals surface area contributed by atoms with E-state index < -0.39 is 18.3 Å². The van der Waals surface area contributed by atoms with Crippen LogP contribution in [-0.4, -0.2) is 45.5 Å². The Morgan fingerprint density at radius 2 is 2.00 bits per heavy atom. The summed E-state index contributed by atoms with van der Waals surface area (Å²) in [7, 11) is 0. The van der Waals surface area contributed by atoms with Gasteiger partial charge in [0.2, 0.25) is 0 Å². The van der Waals surface area contributed by atoms with Gasteiger partial charge in [-0.3, -0.25) is 4.90 Å². The van der Waals surface area contributed by atoms with E-state index in [-0.39, 0.29) is 18.4 Å². The molecule has 0 spiro atoms. The van der Waals surface area contributed by atoms with Crippen LogP contribution in [-0.2, 0) is 13.1 Å². The summed E-state index contributed by atoms with van der Waals surface area (Å²) in [6, 6.07) is 3.32. The first kappa shape index (κ1) is 16.8. The minimum absolute atomic E-state index is 0.0811. The number of halogens is 3. The average molecular weight is 340 g/mol. The Kier molecular flexibility index (Phi) is 5.34. The van der Waals surface area contributed by atoms with Crippen LogP contribution in [0.4, 0.5) is 13.2 Å². The van der Waals surface area contributed by atoms with Crippen LogP contribution in [0.5, 0.6) is 5.75 Å². The summed E-state index contributed by atoms with van der Waals surface area (Å²) in [5.41, 5.74) is 0. The predicted octanol–water partition coefficient (Wildman–Crippen LogP) is 2.57. The van der Waals surface area contributed by atoms with Crippen molar-refractivity contribution in [1.82, 2.24) is 19.7 Å². The van der Waals surface area contributed by atoms with Crippen molar-refractivity contribution in [2.24, 2.45) is 0 Å². The number of alkyl halides is 1. The quantitative estimate of drug-likeness (QED) is 0.811. The lowest BCUT2D eigenvalue weighted by Gasteiger charge is -2.31. The molecule has 1 aromatic carbocycles. The number of ether oxygens (including phenoxy) is 1. The molecule has 130 valence electrons. The van der Waals surface area contributed by atoms with Crippen LogP contribution in [0.2, 0.25) is 0 Å². The maximum absolute atomic E-state index is 13.6. The number of hydrogen-bond acceptors (Lipinski definition) is 4. The monoisotopic (exact) mass is 340 g/mol. The molecule has 0 atom stereocenters. The highest BCUT2D eigenvalue weighted by Crippen LogP contribution is 2.23. The molecule has 0 unspecified atom stereocenters. The number of hydrogen-bond donors (Lipinski definition) is 0. The van der Waals surface area contributed by atoms with Crippen LogP contribution in [0.1, 0.15) is 18.7 Å². The van der Waals surface area contributed by atoms with Crippen molar-refractivity contribution in [2.45, 2.75) is 32.0 Å². The third-order valence-corrected chi connectivity index (χ3v) is 4.08. The van der Waals surface area contributed by atoms with Crippen molar-refractivity contribution >= 4 is 0 Å². The first-order valence-electron chi connectivity index (χ1n) is 7.92. The van der Waals surface area contributed by atoms with E-state index >= 15 is 0 Å². The fraction of sp³-hybridized carbons (Fsp3) is 0.500. The molecule has 5 nitrogen and oxygen atoms in total. The molecular formula is C16H19F3N4O. The van der Waals surface area contributed by atoms with E-state index in [9.17, 15) is 13.2 Å². The molecule has 0 amide bonds. The van der Waals surface area contributed by atoms with Gasteiger partial charge >= 0.3 is 0 Å². The van der Waals surface area contributed by atoms with Gasteiger partial charge in [0.1, 0.15) is 30.7 Å². The fourth-order valence-corrected chi connectivity index (χ4v) is 2.81. The second kappa shape index (κ2) is 7.65. The number of rotatable bonds is 6. The summed E-state index contributed by atoms with van der Waals surface area (Å²) in [5.74, 6) is -0.488. The molecule has 0 radical (unpaired) electrons. The van der Waals surface area contributed by atoms with E-state index in [4.69, 9.17) is 4.74 Å². The summed E-state index contributed by atoms with van der Waals surface area (Å²) in [5, 5.41) is 4.00. The lowest BCUT2D eigenvalue weighted by Crippen LogP contribution is -2.38. The van der Waals surface area contributed by atoms with Gasteiger partial charge in [0.05, 0.1) is 13.1 Å². The van der Waals surface area contributed by atoms with Crippen molar-refractivity contribution in [3.05, 3.63) is 42.0 Å². The van der Waals surface area contributed by atoms with Crippen LogP contribution in [0.25, 0.3) is 0 Å². The van der Waals surface area contributed by atoms with Gasteiger partial charge in [-0.05, 0) is 25.0 Å². The zero-order chi connectivity index (χ0) is 16.9. The van der Waals surface area contributed by atoms with Crippen LogP contribution in [0, 0.1) is 11.6 Å². The standard InChI is InChI=1S/C16H19F3N4O/c17-5-8-23-16(20-11-21-23)10-22-6-3-13(4-7-22)24-15-2-1-12(18)9-14(15)19/h1-2,9,11,13H,3-8,10H2. The molecule has 1 aliphatic rings. The zero-order valence-electron chi connectivity index (χ0n) is 13.2. The number of aromatic nitrogens is 3. The molecule has 2 heterocycles. The highest BCUT2D eigenvalue weighted by Gasteiger charge is 2.23. The van der Waals surface area contributed by atoms with Gasteiger partial charge in [-0.15, -0.1) is 0 Å². The molecule has 0 N–H and O–H groups in total. The summed E-state index contributed by atoms with van der Waals surface area (Å²) in [4.78, 5) is 6.34. The van der Waals surface area contributed by atoms with Gasteiger partial charge < -0.3 is 4.74 Å². The maximum Gasteiger partial charge on any atom is 0.167 e. The molecular weight excluding hydrogens is 321 g/mol. The molecule has 1 aromatic heterocycles. The SMILES string of the molecule is FCCn1ncnc1CN1CCC(Oc2ccc(F)cc2F)CC1. The Hall–Kier alpha value is -2.09. The van der Waals surface area contributed by atoms with Crippen molar-refractivity contribution < 1.29 is 17.9 Å². The Labute approximate surface area is 138 Å². The van der Waals surface area contributed by atoms with Gasteiger partial charge in [-0.25, -0.2) is 22.8 Å². The smallest absolute Gasteiger partial charge is 0.167 e. The van der Waals surface area contributed by atoms with E-state index in [2.05, 4.69) is 15.0 Å². The van der Waals surface area contributed by atoms with Crippen LogP contribution >= 0.6 is 0 Å². The molecule has 0 aliphatic carbocycles. The Morgan fingerprint density at radius 3 is 2.71 bits per heavy atom. The number of likely N-dealkylation sites (tertiary alicyclic amines) is 1. The third-order valence-electron chi connectivity index (χ3n) is 4.08. The minimum atomic E-state index is -0.684. The molecule has 3 rings (SSSR count).